The Morgan fingerprint density at radius 1 is 1.06 bits per heavy atom. The van der Waals surface area contributed by atoms with Crippen LogP contribution < -0.4 is 11.1 Å². The highest BCUT2D eigenvalue weighted by atomic mass is 16.1. The van der Waals surface area contributed by atoms with Crippen molar-refractivity contribution in [2.75, 3.05) is 11.1 Å². The Morgan fingerprint density at radius 2 is 1.84 bits per heavy atom. The summed E-state index contributed by atoms with van der Waals surface area (Å²) in [6, 6.07) is 15.2. The largest absolute Gasteiger partial charge is 0.368 e. The van der Waals surface area contributed by atoms with E-state index < -0.39 is 0 Å². The van der Waals surface area contributed by atoms with E-state index in [0.717, 1.165) is 16.7 Å². The maximum atomic E-state index is 13.0. The zero-order chi connectivity index (χ0) is 22.0. The quantitative estimate of drug-likeness (QED) is 0.513. The second-order valence-corrected chi connectivity index (χ2v) is 7.49. The first-order chi connectivity index (χ1) is 14.9. The molecule has 0 atom stereocenters. The smallest absolute Gasteiger partial charge is 0.256 e. The molecule has 0 saturated heterocycles. The van der Waals surface area contributed by atoms with Crippen LogP contribution in [-0.2, 0) is 0 Å². The van der Waals surface area contributed by atoms with Gasteiger partial charge in [-0.2, -0.15) is 9.67 Å². The highest BCUT2D eigenvalue weighted by molar-refractivity contribution is 6.05. The van der Waals surface area contributed by atoms with Gasteiger partial charge in [-0.3, -0.25) is 4.79 Å². The van der Waals surface area contributed by atoms with Crippen LogP contribution in [0.1, 0.15) is 41.5 Å². The van der Waals surface area contributed by atoms with Gasteiger partial charge in [0.05, 0.1) is 5.69 Å². The molecule has 0 radical (unpaired) electrons. The van der Waals surface area contributed by atoms with Gasteiger partial charge in [0.2, 0.25) is 5.95 Å². The molecule has 0 aliphatic heterocycles. The summed E-state index contributed by atoms with van der Waals surface area (Å²) < 4.78 is 1.65. The summed E-state index contributed by atoms with van der Waals surface area (Å²) in [5.74, 6) is 0.898. The first-order valence-electron chi connectivity index (χ1n) is 9.81. The first-order valence-corrected chi connectivity index (χ1v) is 9.81. The summed E-state index contributed by atoms with van der Waals surface area (Å²) in [6.07, 6.45) is 1.49. The topological polar surface area (TPSA) is 125 Å². The van der Waals surface area contributed by atoms with E-state index in [0.29, 0.717) is 22.9 Å². The number of carbonyl (C=O) groups is 1. The Bertz CT molecular complexity index is 1230. The van der Waals surface area contributed by atoms with Gasteiger partial charge < -0.3 is 11.1 Å². The molecular weight excluding hydrogens is 392 g/mol. The predicted octanol–water partition coefficient (Wildman–Crippen LogP) is 3.39. The Morgan fingerprint density at radius 3 is 2.55 bits per heavy atom. The number of nitrogens with two attached hydrogens (primary N) is 1. The predicted molar refractivity (Wildman–Crippen MR) is 118 cm³/mol. The Labute approximate surface area is 179 Å². The van der Waals surface area contributed by atoms with Gasteiger partial charge in [0.1, 0.15) is 5.82 Å². The van der Waals surface area contributed by atoms with Gasteiger partial charge in [-0.25, -0.2) is 4.98 Å². The minimum Gasteiger partial charge on any atom is -0.368 e. The summed E-state index contributed by atoms with van der Waals surface area (Å²) in [7, 11) is 0. The van der Waals surface area contributed by atoms with Crippen molar-refractivity contribution in [3.8, 4) is 16.8 Å². The standard InChI is InChI=1S/C22H22N8O/c1-13(2)20-27-28-29-30(20)18-11-16(15-6-4-14(3)5-7-15)10-17(12-18)21(31)25-19-8-9-24-22(23)26-19/h4-13H,1-3H3,(H3,23,24,25,26,31). The van der Waals surface area contributed by atoms with Gasteiger partial charge in [-0.05, 0) is 52.7 Å². The molecule has 2 aromatic heterocycles. The van der Waals surface area contributed by atoms with Crippen LogP contribution in [0.4, 0.5) is 11.8 Å². The summed E-state index contributed by atoms with van der Waals surface area (Å²) in [5.41, 5.74) is 9.76. The third-order valence-electron chi connectivity index (χ3n) is 4.74. The molecule has 156 valence electrons. The van der Waals surface area contributed by atoms with Gasteiger partial charge in [0.25, 0.3) is 5.91 Å². The fourth-order valence-corrected chi connectivity index (χ4v) is 3.15. The van der Waals surface area contributed by atoms with Crippen molar-refractivity contribution >= 4 is 17.7 Å². The van der Waals surface area contributed by atoms with E-state index >= 15 is 0 Å². The fraction of sp³-hybridized carbons (Fsp3) is 0.182. The van der Waals surface area contributed by atoms with E-state index in [-0.39, 0.29) is 17.8 Å². The second-order valence-electron chi connectivity index (χ2n) is 7.49. The number of aromatic nitrogens is 6. The molecule has 0 aliphatic carbocycles. The lowest BCUT2D eigenvalue weighted by Gasteiger charge is -2.12. The molecule has 3 N–H and O–H groups in total. The lowest BCUT2D eigenvalue weighted by atomic mass is 10.0. The maximum absolute atomic E-state index is 13.0. The van der Waals surface area contributed by atoms with Crippen molar-refractivity contribution in [2.24, 2.45) is 0 Å². The molecule has 0 fully saturated rings. The van der Waals surface area contributed by atoms with Crippen LogP contribution in [0.3, 0.4) is 0 Å². The molecule has 0 spiro atoms. The monoisotopic (exact) mass is 414 g/mol. The average molecular weight is 414 g/mol. The van der Waals surface area contributed by atoms with Gasteiger partial charge >= 0.3 is 0 Å². The molecule has 4 aromatic rings. The van der Waals surface area contributed by atoms with Crippen molar-refractivity contribution in [1.82, 2.24) is 30.2 Å². The van der Waals surface area contributed by atoms with Gasteiger partial charge in [0.15, 0.2) is 5.82 Å². The van der Waals surface area contributed by atoms with Crippen LogP contribution in [0.25, 0.3) is 16.8 Å². The van der Waals surface area contributed by atoms with Gasteiger partial charge in [0, 0.05) is 17.7 Å². The van der Waals surface area contributed by atoms with Crippen molar-refractivity contribution < 1.29 is 4.79 Å². The van der Waals surface area contributed by atoms with Crippen LogP contribution in [0, 0.1) is 6.92 Å². The van der Waals surface area contributed by atoms with E-state index in [4.69, 9.17) is 5.73 Å². The lowest BCUT2D eigenvalue weighted by molar-refractivity contribution is 0.102. The van der Waals surface area contributed by atoms with Crippen molar-refractivity contribution in [3.63, 3.8) is 0 Å². The van der Waals surface area contributed by atoms with E-state index in [9.17, 15) is 4.79 Å². The molecule has 31 heavy (non-hydrogen) atoms. The zero-order valence-corrected chi connectivity index (χ0v) is 17.4. The van der Waals surface area contributed by atoms with E-state index in [1.165, 1.54) is 6.20 Å². The number of carbonyl (C=O) groups excluding carboxylic acids is 1. The third kappa shape index (κ3) is 4.40. The number of nitrogens with zero attached hydrogens (tertiary/aromatic N) is 6. The van der Waals surface area contributed by atoms with Crippen LogP contribution in [0.2, 0.25) is 0 Å². The normalized spacial score (nSPS) is 11.0. The SMILES string of the molecule is Cc1ccc(-c2cc(C(=O)Nc3ccnc(N)n3)cc(-n3nnnc3C(C)C)c2)cc1. The van der Waals surface area contributed by atoms with Crippen LogP contribution >= 0.6 is 0 Å². The Kier molecular flexibility index (Phi) is 5.40. The molecule has 9 nitrogen and oxygen atoms in total. The lowest BCUT2D eigenvalue weighted by Crippen LogP contribution is -2.15. The highest BCUT2D eigenvalue weighted by Crippen LogP contribution is 2.26. The minimum atomic E-state index is -0.326. The molecule has 2 aromatic carbocycles. The van der Waals surface area contributed by atoms with Crippen LogP contribution in [0.5, 0.6) is 0 Å². The van der Waals surface area contributed by atoms with Gasteiger partial charge in [-0.15, -0.1) is 5.10 Å². The molecule has 0 bridgehead atoms. The first kappa shape index (κ1) is 20.1. The van der Waals surface area contributed by atoms with Crippen molar-refractivity contribution in [2.45, 2.75) is 26.7 Å². The zero-order valence-electron chi connectivity index (χ0n) is 17.4. The van der Waals surface area contributed by atoms with Gasteiger partial charge in [-0.1, -0.05) is 43.7 Å². The van der Waals surface area contributed by atoms with E-state index in [2.05, 4.69) is 30.8 Å². The second kappa shape index (κ2) is 8.31. The Hall–Kier alpha value is -4.14. The number of nitrogen functional groups attached to an aromatic ring is 1. The number of anilines is 2. The van der Waals surface area contributed by atoms with Crippen molar-refractivity contribution in [3.05, 3.63) is 71.7 Å². The molecular formula is C22H22N8O. The average Bonchev–Trinajstić information content (AvgIpc) is 3.24. The number of amides is 1. The van der Waals surface area contributed by atoms with E-state index in [1.807, 2.05) is 57.2 Å². The molecule has 2 heterocycles. The molecule has 1 amide bonds. The summed E-state index contributed by atoms with van der Waals surface area (Å²) in [6.45, 7) is 6.06. The number of benzene rings is 2. The Balaban J connectivity index is 1.80. The number of nitrogens with one attached hydrogen (secondary N) is 1. The number of hydrogen-bond acceptors (Lipinski definition) is 7. The number of rotatable bonds is 5. The van der Waals surface area contributed by atoms with Crippen LogP contribution in [-0.4, -0.2) is 36.1 Å². The summed E-state index contributed by atoms with van der Waals surface area (Å²) >= 11 is 0. The minimum absolute atomic E-state index is 0.0853. The molecule has 0 saturated carbocycles. The molecule has 4 rings (SSSR count). The molecule has 0 unspecified atom stereocenters. The van der Waals surface area contributed by atoms with E-state index in [1.54, 1.807) is 16.8 Å². The number of hydrogen-bond donors (Lipinski definition) is 2. The molecule has 0 aliphatic rings. The van der Waals surface area contributed by atoms with Crippen LogP contribution in [0.15, 0.2) is 54.7 Å². The third-order valence-corrected chi connectivity index (χ3v) is 4.74. The summed E-state index contributed by atoms with van der Waals surface area (Å²) in [4.78, 5) is 20.9. The van der Waals surface area contributed by atoms with Crippen molar-refractivity contribution in [1.29, 1.82) is 0 Å². The number of tetrazole rings is 1. The molecule has 9 heteroatoms. The maximum Gasteiger partial charge on any atom is 0.256 e. The fourth-order valence-electron chi connectivity index (χ4n) is 3.15. The number of aryl methyl sites for hydroxylation is 1. The highest BCUT2D eigenvalue weighted by Gasteiger charge is 2.16. The summed E-state index contributed by atoms with van der Waals surface area (Å²) in [5, 5.41) is 14.9.